The van der Waals surface area contributed by atoms with Crippen LogP contribution in [0.5, 0.6) is 0 Å². The van der Waals surface area contributed by atoms with E-state index in [4.69, 9.17) is 0 Å². The number of rotatable bonds is 3. The highest BCUT2D eigenvalue weighted by molar-refractivity contribution is 14.1. The van der Waals surface area contributed by atoms with Gasteiger partial charge in [-0.2, -0.15) is 37.9 Å². The topological polar surface area (TPSA) is 0 Å². The molecule has 0 aromatic rings. The minimum Gasteiger partial charge on any atom is -0.334 e. The fourth-order valence-electron chi connectivity index (χ4n) is 0.222. The summed E-state index contributed by atoms with van der Waals surface area (Å²) in [5.74, 6) is 0. The van der Waals surface area contributed by atoms with Crippen molar-refractivity contribution in [3.63, 3.8) is 0 Å². The van der Waals surface area contributed by atoms with Crippen molar-refractivity contribution in [2.24, 2.45) is 0 Å². The van der Waals surface area contributed by atoms with E-state index in [1.165, 1.54) is 0 Å². The van der Waals surface area contributed by atoms with Gasteiger partial charge in [-0.3, -0.25) is 0 Å². The summed E-state index contributed by atoms with van der Waals surface area (Å²) >= 11 is 5.69. The highest BCUT2D eigenvalue weighted by atomic mass is 127. The van der Waals surface area contributed by atoms with Crippen molar-refractivity contribution in [1.29, 1.82) is 0 Å². The first-order chi connectivity index (χ1) is 3.27. The summed E-state index contributed by atoms with van der Waals surface area (Å²) in [6, 6.07) is 0. The third-order valence-electron chi connectivity index (χ3n) is 0.501. The van der Waals surface area contributed by atoms with Gasteiger partial charge in [-0.1, -0.05) is 15.9 Å². The Morgan fingerprint density at radius 2 is 2.43 bits per heavy atom. The largest absolute Gasteiger partial charge is 0.334 e. The zero-order valence-electron chi connectivity index (χ0n) is 3.90. The Morgan fingerprint density at radius 3 is 2.57 bits per heavy atom. The van der Waals surface area contributed by atoms with Crippen LogP contribution in [0.15, 0.2) is 0 Å². The Bertz CT molecular complexity index is 43.9. The number of hydrogen-bond donors (Lipinski definition) is 0. The van der Waals surface area contributed by atoms with Gasteiger partial charge in [-0.05, 0) is 5.33 Å². The highest BCUT2D eigenvalue weighted by Crippen LogP contribution is 2.09. The molecule has 0 aliphatic heterocycles. The van der Waals surface area contributed by atoms with Gasteiger partial charge in [0.1, 0.15) is 0 Å². The van der Waals surface area contributed by atoms with Gasteiger partial charge in [-0.25, -0.2) is 0 Å². The molecule has 0 aliphatic carbocycles. The second-order valence-corrected chi connectivity index (χ2v) is 5.46. The molecular formula is C3H7BBrIP-. The van der Waals surface area contributed by atoms with Gasteiger partial charge in [0, 0.05) is 0 Å². The zero-order valence-corrected chi connectivity index (χ0v) is 8.80. The lowest BCUT2D eigenvalue weighted by Gasteiger charge is -2.07. The lowest BCUT2D eigenvalue weighted by Crippen LogP contribution is -1.91. The predicted octanol–water partition coefficient (Wildman–Crippen LogP) is 2.31. The van der Waals surface area contributed by atoms with Crippen molar-refractivity contribution in [2.75, 3.05) is 5.33 Å². The van der Waals surface area contributed by atoms with Gasteiger partial charge in [0.05, 0.1) is 4.29 Å². The molecule has 7 heavy (non-hydrogen) atoms. The summed E-state index contributed by atoms with van der Waals surface area (Å²) < 4.78 is 0.634. The highest BCUT2D eigenvalue weighted by Gasteiger charge is 1.82. The molecule has 0 amide bonds. The van der Waals surface area contributed by atoms with Crippen LogP contribution in [-0.2, 0) is 0 Å². The third-order valence-corrected chi connectivity index (χ3v) is 1.74. The van der Waals surface area contributed by atoms with E-state index < -0.39 is 0 Å². The molecule has 0 bridgehead atoms. The SMILES string of the molecule is PB(I)[CH-]CCBr. The van der Waals surface area contributed by atoms with Crippen LogP contribution in [0.25, 0.3) is 0 Å². The van der Waals surface area contributed by atoms with Gasteiger partial charge < -0.3 is 6.32 Å². The molecule has 0 saturated heterocycles. The van der Waals surface area contributed by atoms with Crippen LogP contribution in [0.4, 0.5) is 0 Å². The number of hydrogen-bond acceptors (Lipinski definition) is 0. The van der Waals surface area contributed by atoms with Gasteiger partial charge in [-0.15, -0.1) is 0 Å². The van der Waals surface area contributed by atoms with Crippen molar-refractivity contribution >= 4 is 51.7 Å². The molecule has 0 saturated carbocycles. The average Bonchev–Trinajstić information content (AvgIpc) is 1.61. The van der Waals surface area contributed by atoms with E-state index in [1.54, 1.807) is 0 Å². The molecule has 0 rings (SSSR count). The van der Waals surface area contributed by atoms with Crippen LogP contribution >= 0.6 is 47.4 Å². The first kappa shape index (κ1) is 8.70. The van der Waals surface area contributed by atoms with Crippen molar-refractivity contribution in [3.05, 3.63) is 6.32 Å². The summed E-state index contributed by atoms with van der Waals surface area (Å²) in [6.45, 7) is 0. The van der Waals surface area contributed by atoms with Crippen LogP contribution in [-0.4, -0.2) is 9.62 Å². The Labute approximate surface area is 69.4 Å². The molecule has 42 valence electrons. The van der Waals surface area contributed by atoms with Gasteiger partial charge in [0.25, 0.3) is 0 Å². The summed E-state index contributed by atoms with van der Waals surface area (Å²) in [5, 5.41) is 1.08. The number of halogens is 2. The number of alkyl halides is 1. The van der Waals surface area contributed by atoms with Crippen LogP contribution in [0.3, 0.4) is 0 Å². The zero-order chi connectivity index (χ0) is 5.70. The van der Waals surface area contributed by atoms with E-state index >= 15 is 0 Å². The maximum atomic E-state index is 3.33. The lowest BCUT2D eigenvalue weighted by molar-refractivity contribution is 1.23. The predicted molar refractivity (Wildman–Crippen MR) is 52.2 cm³/mol. The first-order valence-corrected chi connectivity index (χ1v) is 5.09. The third kappa shape index (κ3) is 7.70. The average molecular weight is 292 g/mol. The van der Waals surface area contributed by atoms with Crippen molar-refractivity contribution < 1.29 is 0 Å². The first-order valence-electron chi connectivity index (χ1n) is 2.06. The van der Waals surface area contributed by atoms with E-state index in [9.17, 15) is 0 Å². The van der Waals surface area contributed by atoms with Gasteiger partial charge >= 0.3 is 0 Å². The van der Waals surface area contributed by atoms with E-state index in [1.807, 2.05) is 0 Å². The molecule has 0 heterocycles. The summed E-state index contributed by atoms with van der Waals surface area (Å²) in [5.41, 5.74) is 0. The normalized spacial score (nSPS) is 9.00. The molecular weight excluding hydrogens is 285 g/mol. The van der Waals surface area contributed by atoms with Crippen LogP contribution in [0.1, 0.15) is 6.42 Å². The molecule has 0 N–H and O–H groups in total. The summed E-state index contributed by atoms with van der Waals surface area (Å²) in [4.78, 5) is 0. The minimum absolute atomic E-state index is 0.634. The fraction of sp³-hybridized carbons (Fsp3) is 0.667. The molecule has 0 spiro atoms. The fourth-order valence-corrected chi connectivity index (χ4v) is 1.04. The lowest BCUT2D eigenvalue weighted by atomic mass is 10.0. The van der Waals surface area contributed by atoms with E-state index in [0.29, 0.717) is 4.29 Å². The molecule has 4 heteroatoms. The molecule has 1 unspecified atom stereocenters. The van der Waals surface area contributed by atoms with Crippen LogP contribution in [0.2, 0.25) is 0 Å². The summed E-state index contributed by atoms with van der Waals surface area (Å²) in [6.07, 6.45) is 3.41. The molecule has 0 aromatic heterocycles. The van der Waals surface area contributed by atoms with Crippen molar-refractivity contribution in [1.82, 2.24) is 0 Å². The smallest absolute Gasteiger partial charge is 0.0764 e. The second-order valence-electron chi connectivity index (χ2n) is 1.16. The maximum absolute atomic E-state index is 3.33. The summed E-state index contributed by atoms with van der Waals surface area (Å²) in [7, 11) is 2.72. The maximum Gasteiger partial charge on any atom is 0.0764 e. The molecule has 1 atom stereocenters. The van der Waals surface area contributed by atoms with Crippen LogP contribution < -0.4 is 0 Å². The van der Waals surface area contributed by atoms with Crippen molar-refractivity contribution in [2.45, 2.75) is 6.42 Å². The van der Waals surface area contributed by atoms with Gasteiger partial charge in [0.2, 0.25) is 0 Å². The van der Waals surface area contributed by atoms with E-state index in [-0.39, 0.29) is 0 Å². The quantitative estimate of drug-likeness (QED) is 0.246. The Balaban J connectivity index is 2.68. The molecule has 0 fully saturated rings. The molecule has 0 aromatic carbocycles. The second kappa shape index (κ2) is 5.83. The van der Waals surface area contributed by atoms with Gasteiger partial charge in [0.15, 0.2) is 0 Å². The Morgan fingerprint density at radius 1 is 1.86 bits per heavy atom. The van der Waals surface area contributed by atoms with E-state index in [0.717, 1.165) is 11.8 Å². The monoisotopic (exact) mass is 291 g/mol. The molecule has 0 aliphatic rings. The minimum atomic E-state index is 0.634. The standard InChI is InChI=1S/C3H7BBrIP/c5-3-1-2-4(6)7/h2H,1,3,7H2/q-1. The molecule has 0 radical (unpaired) electrons. The Kier molecular flexibility index (Phi) is 7.26. The Hall–Kier alpha value is 1.70. The molecule has 0 nitrogen and oxygen atoms in total. The van der Waals surface area contributed by atoms with E-state index in [2.05, 4.69) is 53.7 Å². The van der Waals surface area contributed by atoms with Crippen LogP contribution in [0, 0.1) is 6.32 Å². The van der Waals surface area contributed by atoms with Crippen molar-refractivity contribution in [3.8, 4) is 0 Å².